The zero-order chi connectivity index (χ0) is 19.4. The lowest BCUT2D eigenvalue weighted by Gasteiger charge is -2.33. The van der Waals surface area contributed by atoms with Gasteiger partial charge in [-0.05, 0) is 62.9 Å². The van der Waals surface area contributed by atoms with Crippen LogP contribution in [0.5, 0.6) is 0 Å². The van der Waals surface area contributed by atoms with Crippen molar-refractivity contribution in [3.8, 4) is 0 Å². The molecular weight excluding hydrogens is 342 g/mol. The molecule has 2 heterocycles. The maximum absolute atomic E-state index is 12.7. The number of benzene rings is 1. The molecular formula is C21H25N3O3. The molecule has 1 atom stereocenters. The van der Waals surface area contributed by atoms with Gasteiger partial charge in [0, 0.05) is 36.1 Å². The molecule has 1 aliphatic rings. The molecule has 1 saturated heterocycles. The lowest BCUT2D eigenvalue weighted by molar-refractivity contribution is -0.116. The lowest BCUT2D eigenvalue weighted by atomic mass is 10.0. The normalized spacial score (nSPS) is 16.8. The second-order valence-corrected chi connectivity index (χ2v) is 7.14. The summed E-state index contributed by atoms with van der Waals surface area (Å²) in [7, 11) is 0. The number of pyridine rings is 1. The number of nitrogens with zero attached hydrogens (tertiary/aromatic N) is 2. The Morgan fingerprint density at radius 2 is 1.85 bits per heavy atom. The number of carbonyl (C=O) groups excluding carboxylic acids is 2. The monoisotopic (exact) mass is 367 g/mol. The Hall–Kier alpha value is -2.89. The molecule has 6 heteroatoms. The predicted octanol–water partition coefficient (Wildman–Crippen LogP) is 2.81. The summed E-state index contributed by atoms with van der Waals surface area (Å²) in [6.07, 6.45) is 4.91. The van der Waals surface area contributed by atoms with E-state index in [-0.39, 0.29) is 30.0 Å². The Bertz CT molecular complexity index is 886. The zero-order valence-electron chi connectivity index (χ0n) is 15.8. The van der Waals surface area contributed by atoms with Crippen LogP contribution in [0.2, 0.25) is 0 Å². The van der Waals surface area contributed by atoms with Gasteiger partial charge in [-0.1, -0.05) is 6.07 Å². The van der Waals surface area contributed by atoms with Crippen molar-refractivity contribution in [1.29, 1.82) is 0 Å². The van der Waals surface area contributed by atoms with Crippen LogP contribution in [0.15, 0.2) is 47.4 Å². The molecule has 1 aliphatic heterocycles. The van der Waals surface area contributed by atoms with Crippen LogP contribution in [0.1, 0.15) is 42.1 Å². The molecule has 0 spiro atoms. The number of carbonyl (C=O) groups is 2. The van der Waals surface area contributed by atoms with Crippen molar-refractivity contribution in [3.63, 3.8) is 0 Å². The molecule has 1 N–H and O–H groups in total. The molecule has 6 nitrogen and oxygen atoms in total. The van der Waals surface area contributed by atoms with Crippen molar-refractivity contribution in [1.82, 2.24) is 9.47 Å². The van der Waals surface area contributed by atoms with Crippen LogP contribution >= 0.6 is 0 Å². The van der Waals surface area contributed by atoms with Crippen molar-refractivity contribution in [2.45, 2.75) is 45.7 Å². The third kappa shape index (κ3) is 4.64. The van der Waals surface area contributed by atoms with Crippen molar-refractivity contribution < 1.29 is 9.59 Å². The van der Waals surface area contributed by atoms with Crippen LogP contribution < -0.4 is 10.9 Å². The van der Waals surface area contributed by atoms with Crippen LogP contribution in [-0.4, -0.2) is 33.9 Å². The van der Waals surface area contributed by atoms with Gasteiger partial charge in [-0.15, -0.1) is 0 Å². The molecule has 0 saturated carbocycles. The summed E-state index contributed by atoms with van der Waals surface area (Å²) in [5, 5.41) is 2.77. The van der Waals surface area contributed by atoms with Gasteiger partial charge < -0.3 is 14.8 Å². The van der Waals surface area contributed by atoms with E-state index < -0.39 is 0 Å². The highest BCUT2D eigenvalue weighted by atomic mass is 16.2. The van der Waals surface area contributed by atoms with Gasteiger partial charge in [0.15, 0.2) is 0 Å². The van der Waals surface area contributed by atoms with Gasteiger partial charge in [-0.25, -0.2) is 0 Å². The van der Waals surface area contributed by atoms with E-state index >= 15 is 0 Å². The van der Waals surface area contributed by atoms with Gasteiger partial charge in [-0.3, -0.25) is 14.4 Å². The molecule has 0 radical (unpaired) electrons. The van der Waals surface area contributed by atoms with Gasteiger partial charge in [0.25, 0.3) is 11.5 Å². The van der Waals surface area contributed by atoms with Crippen LogP contribution in [-0.2, 0) is 11.3 Å². The Kier molecular flexibility index (Phi) is 5.74. The van der Waals surface area contributed by atoms with Gasteiger partial charge in [0.05, 0.1) is 0 Å². The molecule has 1 fully saturated rings. The Morgan fingerprint density at radius 1 is 1.11 bits per heavy atom. The second kappa shape index (κ2) is 8.20. The summed E-state index contributed by atoms with van der Waals surface area (Å²) in [6.45, 7) is 4.70. The first-order valence-electron chi connectivity index (χ1n) is 9.32. The minimum absolute atomic E-state index is 0.0337. The first-order chi connectivity index (χ1) is 12.9. The fourth-order valence-corrected chi connectivity index (χ4v) is 3.39. The number of amides is 2. The molecule has 2 aromatic rings. The molecule has 1 aromatic carbocycles. The largest absolute Gasteiger partial charge is 0.336 e. The van der Waals surface area contributed by atoms with E-state index in [4.69, 9.17) is 0 Å². The number of rotatable bonds is 4. The van der Waals surface area contributed by atoms with Gasteiger partial charge in [0.2, 0.25) is 5.91 Å². The molecule has 0 aliphatic carbocycles. The van der Waals surface area contributed by atoms with E-state index in [1.54, 1.807) is 36.5 Å². The average molecular weight is 367 g/mol. The van der Waals surface area contributed by atoms with Crippen LogP contribution in [0, 0.1) is 6.92 Å². The summed E-state index contributed by atoms with van der Waals surface area (Å²) < 4.78 is 1.38. The van der Waals surface area contributed by atoms with Gasteiger partial charge in [0.1, 0.15) is 6.54 Å². The van der Waals surface area contributed by atoms with Gasteiger partial charge in [-0.2, -0.15) is 0 Å². The summed E-state index contributed by atoms with van der Waals surface area (Å²) in [6, 6.07) is 10.3. The average Bonchev–Trinajstić information content (AvgIpc) is 2.65. The van der Waals surface area contributed by atoms with Crippen molar-refractivity contribution in [2.75, 3.05) is 11.9 Å². The fraction of sp³-hybridized carbons (Fsp3) is 0.381. The van der Waals surface area contributed by atoms with E-state index in [1.165, 1.54) is 17.1 Å². The number of aryl methyl sites for hydroxylation is 1. The third-order valence-electron chi connectivity index (χ3n) is 4.92. The molecule has 27 heavy (non-hydrogen) atoms. The Labute approximate surface area is 158 Å². The predicted molar refractivity (Wildman–Crippen MR) is 105 cm³/mol. The molecule has 1 unspecified atom stereocenters. The SMILES string of the molecule is Cc1ccc(=O)n(CC(=O)Nc2ccc(C(=O)N3CCCCC3C)cc2)c1. The summed E-state index contributed by atoms with van der Waals surface area (Å²) in [5.41, 5.74) is 1.92. The molecule has 3 rings (SSSR count). The van der Waals surface area contributed by atoms with Crippen molar-refractivity contribution in [2.24, 2.45) is 0 Å². The van der Waals surface area contributed by atoms with Crippen LogP contribution in [0.25, 0.3) is 0 Å². The number of hydrogen-bond donors (Lipinski definition) is 1. The Balaban J connectivity index is 1.63. The smallest absolute Gasteiger partial charge is 0.254 e. The molecule has 1 aromatic heterocycles. The summed E-state index contributed by atoms with van der Waals surface area (Å²) in [5.74, 6) is -0.252. The quantitative estimate of drug-likeness (QED) is 0.903. The number of piperidine rings is 1. The number of likely N-dealkylation sites (tertiary alicyclic amines) is 1. The zero-order valence-corrected chi connectivity index (χ0v) is 15.8. The first kappa shape index (κ1) is 18.9. The number of anilines is 1. The van der Waals surface area contributed by atoms with Crippen molar-refractivity contribution >= 4 is 17.5 Å². The number of aromatic nitrogens is 1. The van der Waals surface area contributed by atoms with E-state index in [0.29, 0.717) is 11.3 Å². The highest BCUT2D eigenvalue weighted by molar-refractivity contribution is 5.96. The maximum atomic E-state index is 12.7. The molecule has 2 amide bonds. The maximum Gasteiger partial charge on any atom is 0.254 e. The lowest BCUT2D eigenvalue weighted by Crippen LogP contribution is -2.42. The van der Waals surface area contributed by atoms with E-state index in [2.05, 4.69) is 12.2 Å². The fourth-order valence-electron chi connectivity index (χ4n) is 3.39. The third-order valence-corrected chi connectivity index (χ3v) is 4.92. The van der Waals surface area contributed by atoms with Crippen molar-refractivity contribution in [3.05, 3.63) is 64.1 Å². The number of nitrogens with one attached hydrogen (secondary N) is 1. The first-order valence-corrected chi connectivity index (χ1v) is 9.32. The Morgan fingerprint density at radius 3 is 2.56 bits per heavy atom. The minimum Gasteiger partial charge on any atom is -0.336 e. The van der Waals surface area contributed by atoms with E-state index in [0.717, 1.165) is 24.9 Å². The van der Waals surface area contributed by atoms with E-state index in [9.17, 15) is 14.4 Å². The highest BCUT2D eigenvalue weighted by Crippen LogP contribution is 2.20. The van der Waals surface area contributed by atoms with Crippen LogP contribution in [0.4, 0.5) is 5.69 Å². The standard InChI is InChI=1S/C21H25N3O3/c1-15-6-11-20(26)23(13-15)14-19(25)22-18-9-7-17(8-10-18)21(27)24-12-4-3-5-16(24)2/h6-11,13,16H,3-5,12,14H2,1-2H3,(H,22,25). The topological polar surface area (TPSA) is 71.4 Å². The van der Waals surface area contributed by atoms with Crippen LogP contribution in [0.3, 0.4) is 0 Å². The molecule has 142 valence electrons. The second-order valence-electron chi connectivity index (χ2n) is 7.14. The van der Waals surface area contributed by atoms with Gasteiger partial charge >= 0.3 is 0 Å². The summed E-state index contributed by atoms with van der Waals surface area (Å²) >= 11 is 0. The molecule has 0 bridgehead atoms. The number of hydrogen-bond acceptors (Lipinski definition) is 3. The minimum atomic E-state index is -0.286. The summed E-state index contributed by atoms with van der Waals surface area (Å²) in [4.78, 5) is 38.6. The highest BCUT2D eigenvalue weighted by Gasteiger charge is 2.24. The van der Waals surface area contributed by atoms with E-state index in [1.807, 2.05) is 11.8 Å².